The molecule has 5 atom stereocenters. The third-order valence-electron chi connectivity index (χ3n) is 6.14. The summed E-state index contributed by atoms with van der Waals surface area (Å²) >= 11 is 0. The Bertz CT molecular complexity index is 675. The fourth-order valence-corrected chi connectivity index (χ4v) is 4.81. The Labute approximate surface area is 168 Å². The summed E-state index contributed by atoms with van der Waals surface area (Å²) in [6.45, 7) is 11.2. The van der Waals surface area contributed by atoms with Crippen LogP contribution >= 0.6 is 0 Å². The van der Waals surface area contributed by atoms with E-state index in [0.29, 0.717) is 12.8 Å². The van der Waals surface area contributed by atoms with Crippen molar-refractivity contribution in [2.24, 2.45) is 0 Å². The number of benzene rings is 1. The van der Waals surface area contributed by atoms with Crippen LogP contribution < -0.4 is 5.32 Å². The largest absolute Gasteiger partial charge is 0.445 e. The van der Waals surface area contributed by atoms with Gasteiger partial charge in [-0.15, -0.1) is 0 Å². The summed E-state index contributed by atoms with van der Waals surface area (Å²) in [4.78, 5) is 12.3. The van der Waals surface area contributed by atoms with Gasteiger partial charge < -0.3 is 24.3 Å². The normalized spacial score (nSPS) is 30.1. The highest BCUT2D eigenvalue weighted by atomic mass is 28.4. The molecule has 1 saturated heterocycles. The van der Waals surface area contributed by atoms with Gasteiger partial charge in [0.2, 0.25) is 0 Å². The van der Waals surface area contributed by atoms with Crippen LogP contribution in [0.2, 0.25) is 18.1 Å². The zero-order valence-corrected chi connectivity index (χ0v) is 18.5. The molecule has 6 nitrogen and oxygen atoms in total. The fraction of sp³-hybridized carbons (Fsp3) is 0.667. The van der Waals surface area contributed by atoms with Crippen molar-refractivity contribution in [1.29, 1.82) is 0 Å². The number of epoxide rings is 1. The molecule has 1 amide bonds. The van der Waals surface area contributed by atoms with Gasteiger partial charge in [-0.25, -0.2) is 4.79 Å². The highest BCUT2D eigenvalue weighted by Gasteiger charge is 2.54. The van der Waals surface area contributed by atoms with E-state index in [9.17, 15) is 9.90 Å². The molecule has 1 heterocycles. The Hall–Kier alpha value is -1.41. The minimum Gasteiger partial charge on any atom is -0.445 e. The van der Waals surface area contributed by atoms with Gasteiger partial charge in [-0.3, -0.25) is 0 Å². The molecule has 0 spiro atoms. The summed E-state index contributed by atoms with van der Waals surface area (Å²) < 4.78 is 17.5. The van der Waals surface area contributed by atoms with E-state index in [2.05, 4.69) is 39.2 Å². The first-order valence-corrected chi connectivity index (χ1v) is 13.0. The van der Waals surface area contributed by atoms with Gasteiger partial charge in [-0.2, -0.15) is 0 Å². The average Bonchev–Trinajstić information content (AvgIpc) is 3.40. The number of alkyl carbamates (subject to hydrolysis) is 1. The van der Waals surface area contributed by atoms with Crippen LogP contribution in [0, 0.1) is 0 Å². The van der Waals surface area contributed by atoms with Gasteiger partial charge in [0.15, 0.2) is 8.32 Å². The third kappa shape index (κ3) is 5.14. The molecule has 3 rings (SSSR count). The summed E-state index contributed by atoms with van der Waals surface area (Å²) in [5, 5.41) is 13.5. The second-order valence-electron chi connectivity index (χ2n) is 9.42. The molecule has 28 heavy (non-hydrogen) atoms. The minimum absolute atomic E-state index is 0.0845. The van der Waals surface area contributed by atoms with Gasteiger partial charge in [0, 0.05) is 12.5 Å². The van der Waals surface area contributed by atoms with E-state index in [1.807, 2.05) is 30.3 Å². The second-order valence-corrected chi connectivity index (χ2v) is 14.2. The maximum Gasteiger partial charge on any atom is 0.407 e. The molecule has 0 radical (unpaired) electrons. The maximum atomic E-state index is 12.3. The molecule has 7 heteroatoms. The number of amides is 1. The second kappa shape index (κ2) is 8.14. The van der Waals surface area contributed by atoms with Crippen molar-refractivity contribution in [3.63, 3.8) is 0 Å². The van der Waals surface area contributed by atoms with E-state index in [4.69, 9.17) is 13.9 Å². The van der Waals surface area contributed by atoms with Crippen LogP contribution in [0.3, 0.4) is 0 Å². The number of nitrogens with one attached hydrogen (secondary N) is 1. The van der Waals surface area contributed by atoms with Crippen LogP contribution in [0.15, 0.2) is 30.3 Å². The Morgan fingerprint density at radius 1 is 1.21 bits per heavy atom. The number of ether oxygens (including phenoxy) is 2. The van der Waals surface area contributed by atoms with Crippen LogP contribution in [0.4, 0.5) is 4.79 Å². The Morgan fingerprint density at radius 3 is 2.54 bits per heavy atom. The number of hydrogen-bond acceptors (Lipinski definition) is 5. The first kappa shape index (κ1) is 21.3. The first-order chi connectivity index (χ1) is 13.1. The van der Waals surface area contributed by atoms with Crippen LogP contribution in [0.25, 0.3) is 0 Å². The topological polar surface area (TPSA) is 80.3 Å². The van der Waals surface area contributed by atoms with Crippen molar-refractivity contribution in [3.8, 4) is 0 Å². The van der Waals surface area contributed by atoms with Crippen molar-refractivity contribution >= 4 is 14.4 Å². The maximum absolute atomic E-state index is 12.3. The van der Waals surface area contributed by atoms with Gasteiger partial charge in [0.05, 0.1) is 12.1 Å². The molecule has 1 aliphatic heterocycles. The Morgan fingerprint density at radius 2 is 1.89 bits per heavy atom. The van der Waals surface area contributed by atoms with E-state index >= 15 is 0 Å². The Balaban J connectivity index is 1.59. The van der Waals surface area contributed by atoms with Crippen LogP contribution in [0.5, 0.6) is 0 Å². The van der Waals surface area contributed by atoms with Crippen molar-refractivity contribution in [1.82, 2.24) is 5.32 Å². The van der Waals surface area contributed by atoms with E-state index < -0.39 is 20.5 Å². The van der Waals surface area contributed by atoms with E-state index in [0.717, 1.165) is 5.56 Å². The highest BCUT2D eigenvalue weighted by Crippen LogP contribution is 2.41. The lowest BCUT2D eigenvalue weighted by atomic mass is 10.1. The van der Waals surface area contributed by atoms with Gasteiger partial charge in [-0.1, -0.05) is 51.1 Å². The number of carbonyl (C=O) groups excluding carboxylic acids is 1. The predicted octanol–water partition coefficient (Wildman–Crippen LogP) is 3.59. The Kier molecular flexibility index (Phi) is 6.19. The molecule has 0 bridgehead atoms. The number of fused-ring (bicyclic) bond motifs is 1. The van der Waals surface area contributed by atoms with Gasteiger partial charge in [0.25, 0.3) is 0 Å². The predicted molar refractivity (Wildman–Crippen MR) is 110 cm³/mol. The van der Waals surface area contributed by atoms with Gasteiger partial charge in [0.1, 0.15) is 18.8 Å². The standard InChI is InChI=1S/C21H33NO5Si/c1-21(2,3)28(4,5)27-15-11-16(18-19(26-18)17(23)12-15)22-20(24)25-13-14-9-7-6-8-10-14/h6-10,15-19,23H,11-13H2,1-5H3,(H,22,24)/t15-,16+,17-,18+,19-/m1/s1. The quantitative estimate of drug-likeness (QED) is 0.576. The SMILES string of the molecule is CC(C)(C)[Si](C)(C)O[C@H]1C[C@@H](O)[C@H]2O[C@H]2[C@@H](NC(=O)OCc2ccccc2)C1. The van der Waals surface area contributed by atoms with Crippen molar-refractivity contribution in [2.75, 3.05) is 0 Å². The summed E-state index contributed by atoms with van der Waals surface area (Å²) in [6.07, 6.45) is -0.389. The smallest absolute Gasteiger partial charge is 0.407 e. The highest BCUT2D eigenvalue weighted by molar-refractivity contribution is 6.74. The zero-order valence-electron chi connectivity index (χ0n) is 17.5. The van der Waals surface area contributed by atoms with Crippen LogP contribution in [-0.2, 0) is 20.5 Å². The molecule has 2 N–H and O–H groups in total. The number of carbonyl (C=O) groups is 1. The summed E-state index contributed by atoms with van der Waals surface area (Å²) in [5.41, 5.74) is 0.939. The average molecular weight is 408 g/mol. The van der Waals surface area contributed by atoms with Gasteiger partial charge in [-0.05, 0) is 30.1 Å². The lowest BCUT2D eigenvalue weighted by Gasteiger charge is -2.40. The lowest BCUT2D eigenvalue weighted by molar-refractivity contribution is 0.0569. The molecule has 1 aromatic carbocycles. The molecule has 0 aromatic heterocycles. The van der Waals surface area contributed by atoms with Crippen molar-refractivity contribution in [2.45, 2.75) is 88.8 Å². The fourth-order valence-electron chi connectivity index (χ4n) is 3.43. The van der Waals surface area contributed by atoms with E-state index in [1.165, 1.54) is 0 Å². The lowest BCUT2D eigenvalue weighted by Crippen LogP contribution is -2.47. The van der Waals surface area contributed by atoms with Crippen molar-refractivity contribution in [3.05, 3.63) is 35.9 Å². The molecular weight excluding hydrogens is 374 g/mol. The number of aliphatic hydroxyl groups is 1. The van der Waals surface area contributed by atoms with E-state index in [1.54, 1.807) is 0 Å². The number of aliphatic hydroxyl groups excluding tert-OH is 1. The number of hydrogen-bond donors (Lipinski definition) is 2. The molecule has 1 saturated carbocycles. The summed E-state index contributed by atoms with van der Waals surface area (Å²) in [6, 6.07) is 9.36. The molecular formula is C21H33NO5Si. The molecule has 156 valence electrons. The monoisotopic (exact) mass is 407 g/mol. The van der Waals surface area contributed by atoms with Crippen LogP contribution in [0.1, 0.15) is 39.2 Å². The summed E-state index contributed by atoms with van der Waals surface area (Å²) in [5.74, 6) is 0. The minimum atomic E-state index is -1.98. The number of rotatable bonds is 5. The van der Waals surface area contributed by atoms with E-state index in [-0.39, 0.29) is 36.0 Å². The first-order valence-electron chi connectivity index (χ1n) is 10.1. The molecule has 1 aliphatic carbocycles. The molecule has 2 fully saturated rings. The molecule has 1 aromatic rings. The summed E-state index contributed by atoms with van der Waals surface area (Å²) in [7, 11) is -1.98. The molecule has 2 aliphatic rings. The zero-order chi connectivity index (χ0) is 20.5. The van der Waals surface area contributed by atoms with Gasteiger partial charge >= 0.3 is 6.09 Å². The van der Waals surface area contributed by atoms with Crippen molar-refractivity contribution < 1.29 is 23.8 Å². The third-order valence-corrected chi connectivity index (χ3v) is 10.7. The molecule has 0 unspecified atom stereocenters. The van der Waals surface area contributed by atoms with Crippen LogP contribution in [-0.4, -0.2) is 50.0 Å².